The van der Waals surface area contributed by atoms with Crippen LogP contribution >= 0.6 is 0 Å². The lowest BCUT2D eigenvalue weighted by Crippen LogP contribution is -2.53. The number of para-hydroxylation sites is 1. The molecule has 0 radical (unpaired) electrons. The van der Waals surface area contributed by atoms with Gasteiger partial charge in [-0.1, -0.05) is 37.5 Å². The SMILES string of the molecule is CC1=Nc2ccnn2C(C2CCCCC2)C1C(=O)N1CCN(c2ccccc2)CC1. The molecule has 3 heterocycles. The Bertz CT molecular complexity index is 907. The van der Waals surface area contributed by atoms with Crippen LogP contribution in [0.25, 0.3) is 0 Å². The van der Waals surface area contributed by atoms with Gasteiger partial charge in [0.15, 0.2) is 5.82 Å². The van der Waals surface area contributed by atoms with Crippen LogP contribution in [0.2, 0.25) is 0 Å². The van der Waals surface area contributed by atoms with Crippen molar-refractivity contribution in [3.63, 3.8) is 0 Å². The van der Waals surface area contributed by atoms with Crippen LogP contribution in [0, 0.1) is 11.8 Å². The zero-order valence-corrected chi connectivity index (χ0v) is 17.8. The molecule has 3 aliphatic rings. The molecule has 5 rings (SSSR count). The van der Waals surface area contributed by atoms with Crippen LogP contribution < -0.4 is 4.90 Å². The van der Waals surface area contributed by atoms with E-state index in [1.54, 1.807) is 0 Å². The monoisotopic (exact) mass is 405 g/mol. The number of nitrogens with zero attached hydrogens (tertiary/aromatic N) is 5. The van der Waals surface area contributed by atoms with Crippen LogP contribution in [0.3, 0.4) is 0 Å². The highest BCUT2D eigenvalue weighted by molar-refractivity contribution is 6.05. The van der Waals surface area contributed by atoms with Crippen LogP contribution in [0.15, 0.2) is 47.6 Å². The minimum Gasteiger partial charge on any atom is -0.368 e. The normalized spacial score (nSPS) is 25.0. The van der Waals surface area contributed by atoms with E-state index in [0.717, 1.165) is 37.7 Å². The van der Waals surface area contributed by atoms with Crippen molar-refractivity contribution < 1.29 is 4.79 Å². The van der Waals surface area contributed by atoms with Gasteiger partial charge in [0.2, 0.25) is 5.91 Å². The fourth-order valence-corrected chi connectivity index (χ4v) is 5.56. The lowest BCUT2D eigenvalue weighted by molar-refractivity contribution is -0.135. The van der Waals surface area contributed by atoms with Crippen molar-refractivity contribution in [2.75, 3.05) is 31.1 Å². The van der Waals surface area contributed by atoms with Gasteiger partial charge in [-0.05, 0) is 37.8 Å². The quantitative estimate of drug-likeness (QED) is 0.773. The first-order valence-corrected chi connectivity index (χ1v) is 11.4. The molecule has 6 heteroatoms. The molecule has 1 aromatic carbocycles. The minimum atomic E-state index is -0.191. The Balaban J connectivity index is 1.36. The van der Waals surface area contributed by atoms with Gasteiger partial charge in [0.25, 0.3) is 0 Å². The van der Waals surface area contributed by atoms with Crippen LogP contribution in [0.1, 0.15) is 45.1 Å². The van der Waals surface area contributed by atoms with E-state index in [4.69, 9.17) is 4.99 Å². The van der Waals surface area contributed by atoms with Gasteiger partial charge >= 0.3 is 0 Å². The molecule has 0 N–H and O–H groups in total. The molecular formula is C24H31N5O. The summed E-state index contributed by atoms with van der Waals surface area (Å²) < 4.78 is 2.05. The molecular weight excluding hydrogens is 374 g/mol. The first-order chi connectivity index (χ1) is 14.7. The lowest BCUT2D eigenvalue weighted by atomic mass is 9.76. The molecule has 1 amide bonds. The second-order valence-corrected chi connectivity index (χ2v) is 8.90. The number of aromatic nitrogens is 2. The van der Waals surface area contributed by atoms with E-state index in [-0.39, 0.29) is 17.9 Å². The van der Waals surface area contributed by atoms with E-state index >= 15 is 0 Å². The Morgan fingerprint density at radius 3 is 2.43 bits per heavy atom. The van der Waals surface area contributed by atoms with E-state index in [1.165, 1.54) is 37.8 Å². The Hall–Kier alpha value is -2.63. The first-order valence-electron chi connectivity index (χ1n) is 11.4. The Morgan fingerprint density at radius 1 is 0.967 bits per heavy atom. The molecule has 30 heavy (non-hydrogen) atoms. The number of amides is 1. The average Bonchev–Trinajstić information content (AvgIpc) is 3.27. The molecule has 0 bridgehead atoms. The predicted molar refractivity (Wildman–Crippen MR) is 119 cm³/mol. The largest absolute Gasteiger partial charge is 0.368 e. The van der Waals surface area contributed by atoms with Crippen molar-refractivity contribution in [2.24, 2.45) is 16.8 Å². The molecule has 158 valence electrons. The molecule has 1 aromatic heterocycles. The van der Waals surface area contributed by atoms with Gasteiger partial charge in [0.05, 0.1) is 18.2 Å². The number of carbonyl (C=O) groups excluding carboxylic acids is 1. The van der Waals surface area contributed by atoms with Crippen LogP contribution in [-0.4, -0.2) is 52.5 Å². The molecule has 2 aliphatic heterocycles. The smallest absolute Gasteiger partial charge is 0.233 e. The fourth-order valence-electron chi connectivity index (χ4n) is 5.56. The summed E-state index contributed by atoms with van der Waals surface area (Å²) in [6.07, 6.45) is 8.01. The molecule has 1 aliphatic carbocycles. The maximum atomic E-state index is 13.8. The van der Waals surface area contributed by atoms with Crippen molar-refractivity contribution in [3.8, 4) is 0 Å². The molecule has 1 saturated heterocycles. The first kappa shape index (κ1) is 19.3. The number of hydrogen-bond acceptors (Lipinski definition) is 4. The summed E-state index contributed by atoms with van der Waals surface area (Å²) in [7, 11) is 0. The second-order valence-electron chi connectivity index (χ2n) is 8.90. The van der Waals surface area contributed by atoms with Gasteiger partial charge in [-0.25, -0.2) is 9.67 Å². The molecule has 1 saturated carbocycles. The summed E-state index contributed by atoms with van der Waals surface area (Å²) in [5.74, 6) is 1.45. The average molecular weight is 406 g/mol. The highest BCUT2D eigenvalue weighted by atomic mass is 16.2. The van der Waals surface area contributed by atoms with E-state index in [1.807, 2.05) is 29.9 Å². The minimum absolute atomic E-state index is 0.104. The summed E-state index contributed by atoms with van der Waals surface area (Å²) in [5.41, 5.74) is 2.19. The van der Waals surface area contributed by atoms with Gasteiger partial charge in [-0.2, -0.15) is 5.10 Å². The van der Waals surface area contributed by atoms with Crippen molar-refractivity contribution in [2.45, 2.75) is 45.1 Å². The van der Waals surface area contributed by atoms with Crippen molar-refractivity contribution >= 4 is 23.1 Å². The van der Waals surface area contributed by atoms with Crippen molar-refractivity contribution in [1.29, 1.82) is 0 Å². The molecule has 0 spiro atoms. The van der Waals surface area contributed by atoms with Gasteiger partial charge in [0, 0.05) is 43.6 Å². The summed E-state index contributed by atoms with van der Waals surface area (Å²) in [6.45, 7) is 5.32. The van der Waals surface area contributed by atoms with Crippen molar-refractivity contribution in [1.82, 2.24) is 14.7 Å². The predicted octanol–water partition coefficient (Wildman–Crippen LogP) is 4.08. The van der Waals surface area contributed by atoms with E-state index in [0.29, 0.717) is 5.92 Å². The number of carbonyl (C=O) groups is 1. The van der Waals surface area contributed by atoms with Gasteiger partial charge in [0.1, 0.15) is 0 Å². The van der Waals surface area contributed by atoms with Gasteiger partial charge in [-0.15, -0.1) is 0 Å². The number of fused-ring (bicyclic) bond motifs is 1. The van der Waals surface area contributed by atoms with Gasteiger partial charge < -0.3 is 9.80 Å². The van der Waals surface area contributed by atoms with E-state index in [2.05, 4.69) is 39.2 Å². The van der Waals surface area contributed by atoms with E-state index in [9.17, 15) is 4.79 Å². The van der Waals surface area contributed by atoms with Crippen molar-refractivity contribution in [3.05, 3.63) is 42.6 Å². The maximum Gasteiger partial charge on any atom is 0.233 e. The third-order valence-electron chi connectivity index (χ3n) is 7.13. The van der Waals surface area contributed by atoms with Gasteiger partial charge in [-0.3, -0.25) is 4.79 Å². The molecule has 2 aromatic rings. The molecule has 6 nitrogen and oxygen atoms in total. The maximum absolute atomic E-state index is 13.8. The number of aliphatic imine (C=N–C) groups is 1. The number of anilines is 1. The zero-order chi connectivity index (χ0) is 20.5. The van der Waals surface area contributed by atoms with Crippen LogP contribution in [-0.2, 0) is 4.79 Å². The summed E-state index contributed by atoms with van der Waals surface area (Å²) in [4.78, 5) is 23.0. The topological polar surface area (TPSA) is 53.7 Å². The highest BCUT2D eigenvalue weighted by Crippen LogP contribution is 2.43. The molecule has 2 atom stereocenters. The summed E-state index contributed by atoms with van der Waals surface area (Å²) >= 11 is 0. The van der Waals surface area contributed by atoms with E-state index < -0.39 is 0 Å². The third-order valence-corrected chi connectivity index (χ3v) is 7.13. The standard InChI is InChI=1S/C24H31N5O/c1-18-22(23(19-8-4-2-5-9-19)29-21(26-18)12-13-25-29)24(30)28-16-14-27(15-17-28)20-10-6-3-7-11-20/h3,6-7,10-13,19,22-23H,2,4-5,8-9,14-17H2,1H3. The number of hydrogen-bond donors (Lipinski definition) is 0. The number of rotatable bonds is 3. The molecule has 2 unspecified atom stereocenters. The third kappa shape index (κ3) is 3.53. The number of benzene rings is 1. The Morgan fingerprint density at radius 2 is 1.70 bits per heavy atom. The second kappa shape index (κ2) is 8.25. The Labute approximate surface area is 178 Å². The lowest BCUT2D eigenvalue weighted by Gasteiger charge is -2.42. The van der Waals surface area contributed by atoms with Crippen LogP contribution in [0.4, 0.5) is 11.5 Å². The summed E-state index contributed by atoms with van der Waals surface area (Å²) in [5, 5.41) is 4.61. The fraction of sp³-hybridized carbons (Fsp3) is 0.542. The molecule has 2 fully saturated rings. The van der Waals surface area contributed by atoms with Crippen LogP contribution in [0.5, 0.6) is 0 Å². The number of piperazine rings is 1. The Kier molecular flexibility index (Phi) is 5.32. The highest BCUT2D eigenvalue weighted by Gasteiger charge is 2.43. The summed E-state index contributed by atoms with van der Waals surface area (Å²) in [6, 6.07) is 12.6. The zero-order valence-electron chi connectivity index (χ0n) is 17.8.